The fraction of sp³-hybridized carbons (Fsp3) is 0.917. The van der Waals surface area contributed by atoms with Gasteiger partial charge in [-0.1, -0.05) is 41.5 Å². The monoisotopic (exact) mass is 492 g/mol. The fourth-order valence-corrected chi connectivity index (χ4v) is 5.22. The first kappa shape index (κ1) is 33.5. The molecule has 2 unspecified atom stereocenters. The second-order valence-corrected chi connectivity index (χ2v) is 21.3. The van der Waals surface area contributed by atoms with Crippen molar-refractivity contribution in [3.05, 3.63) is 0 Å². The topological polar surface area (TPSA) is 71.1 Å². The molecule has 0 aliphatic heterocycles. The zero-order chi connectivity index (χ0) is 26.3. The van der Waals surface area contributed by atoms with Crippen LogP contribution in [0.15, 0.2) is 0 Å². The summed E-state index contributed by atoms with van der Waals surface area (Å²) in [5.74, 6) is -0.823. The zero-order valence-electron chi connectivity index (χ0n) is 23.8. The molecule has 0 fully saturated rings. The van der Waals surface area contributed by atoms with Crippen LogP contribution in [0, 0.1) is 11.8 Å². The van der Waals surface area contributed by atoms with Crippen LogP contribution in [0.1, 0.15) is 69.2 Å². The van der Waals surface area contributed by atoms with E-state index in [-0.39, 0.29) is 46.1 Å². The number of carbonyl (C=O) groups excluding carboxylic acids is 2. The Morgan fingerprint density at radius 3 is 0.969 bits per heavy atom. The second-order valence-electron chi connectivity index (χ2n) is 11.8. The third-order valence-corrected chi connectivity index (χ3v) is 16.3. The molecule has 0 saturated carbocycles. The summed E-state index contributed by atoms with van der Waals surface area (Å²) in [6.45, 7) is 29.5. The highest BCUT2D eigenvalue weighted by atomic mass is 28.4. The summed E-state index contributed by atoms with van der Waals surface area (Å²) < 4.78 is 21.7. The van der Waals surface area contributed by atoms with Gasteiger partial charge in [-0.15, -0.1) is 0 Å². The number of rotatable bonds is 8. The zero-order valence-corrected chi connectivity index (χ0v) is 25.8. The SMILES string of the molecule is COC(=O)C(C)[C@H](C)O[Si](C)(C)C(C)(C)C.COC(=O)C(C)[C@H](C)O[Si](C)(C)C(C)(C)C. The first-order chi connectivity index (χ1) is 14.1. The molecule has 0 spiro atoms. The molecule has 0 amide bonds. The lowest BCUT2D eigenvalue weighted by molar-refractivity contribution is -0.148. The van der Waals surface area contributed by atoms with Crippen molar-refractivity contribution < 1.29 is 27.9 Å². The predicted molar refractivity (Wildman–Crippen MR) is 138 cm³/mol. The summed E-state index contributed by atoms with van der Waals surface area (Å²) in [6, 6.07) is 0. The standard InChI is InChI=1S/2C12H26O3Si/c2*1-9(11(13)14-6)10(2)15-16(7,8)12(3,4)5/h2*9-10H,1-8H3/t2*9?,10-/m00/s1. The van der Waals surface area contributed by atoms with E-state index in [0.717, 1.165) is 0 Å². The predicted octanol–water partition coefficient (Wildman–Crippen LogP) is 6.41. The molecule has 4 atom stereocenters. The number of hydrogen-bond acceptors (Lipinski definition) is 6. The van der Waals surface area contributed by atoms with E-state index in [0.29, 0.717) is 0 Å². The summed E-state index contributed by atoms with van der Waals surface area (Å²) in [6.07, 6.45) is -0.179. The highest BCUT2D eigenvalue weighted by molar-refractivity contribution is 6.74. The molecule has 0 N–H and O–H groups in total. The minimum Gasteiger partial charge on any atom is -0.469 e. The molecular weight excluding hydrogens is 440 g/mol. The van der Waals surface area contributed by atoms with Crippen molar-refractivity contribution in [2.75, 3.05) is 14.2 Å². The maximum atomic E-state index is 11.4. The molecule has 0 aliphatic rings. The van der Waals surface area contributed by atoms with Crippen molar-refractivity contribution in [3.63, 3.8) is 0 Å². The van der Waals surface area contributed by atoms with E-state index in [1.165, 1.54) is 14.2 Å². The van der Waals surface area contributed by atoms with Crippen molar-refractivity contribution >= 4 is 28.6 Å². The molecule has 8 heteroatoms. The van der Waals surface area contributed by atoms with Gasteiger partial charge in [0.15, 0.2) is 16.6 Å². The molecule has 0 radical (unpaired) electrons. The molecule has 6 nitrogen and oxygen atoms in total. The minimum atomic E-state index is -1.80. The number of ether oxygens (including phenoxy) is 2. The highest BCUT2D eigenvalue weighted by Crippen LogP contribution is 2.39. The molecule has 0 rings (SSSR count). The van der Waals surface area contributed by atoms with Crippen LogP contribution in [-0.4, -0.2) is 55.0 Å². The second kappa shape index (κ2) is 12.7. The minimum absolute atomic E-state index is 0.0895. The molecule has 0 bridgehead atoms. The van der Waals surface area contributed by atoms with Gasteiger partial charge in [-0.3, -0.25) is 9.59 Å². The van der Waals surface area contributed by atoms with Crippen LogP contribution in [0.2, 0.25) is 36.3 Å². The summed E-state index contributed by atoms with van der Waals surface area (Å²) in [5.41, 5.74) is 0. The first-order valence-electron chi connectivity index (χ1n) is 11.6. The fourth-order valence-electron chi connectivity index (χ4n) is 2.24. The number of hydrogen-bond donors (Lipinski definition) is 0. The van der Waals surface area contributed by atoms with Gasteiger partial charge in [0, 0.05) is 0 Å². The van der Waals surface area contributed by atoms with Crippen LogP contribution in [0.25, 0.3) is 0 Å². The average molecular weight is 493 g/mol. The van der Waals surface area contributed by atoms with Crippen LogP contribution in [0.5, 0.6) is 0 Å². The summed E-state index contributed by atoms with van der Waals surface area (Å²) in [4.78, 5) is 22.8. The summed E-state index contributed by atoms with van der Waals surface area (Å²) >= 11 is 0. The largest absolute Gasteiger partial charge is 0.469 e. The van der Waals surface area contributed by atoms with Gasteiger partial charge in [-0.05, 0) is 64.0 Å². The van der Waals surface area contributed by atoms with Gasteiger partial charge in [0.1, 0.15) is 0 Å². The smallest absolute Gasteiger partial charge is 0.310 e. The van der Waals surface area contributed by atoms with E-state index in [2.05, 4.69) is 67.7 Å². The van der Waals surface area contributed by atoms with Gasteiger partial charge in [0.2, 0.25) is 0 Å². The van der Waals surface area contributed by atoms with Crippen molar-refractivity contribution in [1.82, 2.24) is 0 Å². The lowest BCUT2D eigenvalue weighted by atomic mass is 10.1. The molecule has 0 heterocycles. The number of esters is 2. The lowest BCUT2D eigenvalue weighted by Gasteiger charge is -2.39. The van der Waals surface area contributed by atoms with E-state index in [1.54, 1.807) is 0 Å². The van der Waals surface area contributed by atoms with Gasteiger partial charge in [-0.2, -0.15) is 0 Å². The Morgan fingerprint density at radius 1 is 0.594 bits per heavy atom. The summed E-state index contributed by atoms with van der Waals surface area (Å²) in [7, 11) is -0.765. The van der Waals surface area contributed by atoms with Crippen molar-refractivity contribution in [3.8, 4) is 0 Å². The molecule has 0 aliphatic carbocycles. The quantitative estimate of drug-likeness (QED) is 0.288. The van der Waals surface area contributed by atoms with Gasteiger partial charge in [0.05, 0.1) is 38.3 Å². The van der Waals surface area contributed by atoms with Crippen LogP contribution >= 0.6 is 0 Å². The van der Waals surface area contributed by atoms with E-state index in [9.17, 15) is 9.59 Å². The highest BCUT2D eigenvalue weighted by Gasteiger charge is 2.41. The Labute approximate surface area is 200 Å². The van der Waals surface area contributed by atoms with E-state index >= 15 is 0 Å². The summed E-state index contributed by atoms with van der Waals surface area (Å²) in [5, 5.41) is 0.328. The third-order valence-electron chi connectivity index (χ3n) is 7.13. The molecule has 0 aromatic heterocycles. The van der Waals surface area contributed by atoms with Crippen molar-refractivity contribution in [2.45, 2.75) is 118 Å². The maximum Gasteiger partial charge on any atom is 0.310 e. The van der Waals surface area contributed by atoms with Crippen LogP contribution < -0.4 is 0 Å². The molecule has 32 heavy (non-hydrogen) atoms. The van der Waals surface area contributed by atoms with Crippen LogP contribution in [0.4, 0.5) is 0 Å². The average Bonchev–Trinajstić information content (AvgIpc) is 2.63. The first-order valence-corrected chi connectivity index (χ1v) is 17.4. The third kappa shape index (κ3) is 10.5. The molecular formula is C24H52O6Si2. The van der Waals surface area contributed by atoms with Crippen LogP contribution in [0.3, 0.4) is 0 Å². The molecule has 192 valence electrons. The Morgan fingerprint density at radius 2 is 0.812 bits per heavy atom. The van der Waals surface area contributed by atoms with Gasteiger partial charge >= 0.3 is 11.9 Å². The lowest BCUT2D eigenvalue weighted by Crippen LogP contribution is -2.45. The maximum absolute atomic E-state index is 11.4. The van der Waals surface area contributed by atoms with Crippen molar-refractivity contribution in [2.24, 2.45) is 11.8 Å². The molecule has 0 aromatic carbocycles. The van der Waals surface area contributed by atoms with Crippen molar-refractivity contribution in [1.29, 1.82) is 0 Å². The van der Waals surface area contributed by atoms with Crippen LogP contribution in [-0.2, 0) is 27.9 Å². The number of methoxy groups -OCH3 is 2. The Bertz CT molecular complexity index is 538. The Hall–Kier alpha value is -0.706. The number of carbonyl (C=O) groups is 2. The molecule has 0 aromatic rings. The van der Waals surface area contributed by atoms with Gasteiger partial charge < -0.3 is 18.3 Å². The van der Waals surface area contributed by atoms with E-state index in [1.807, 2.05) is 27.7 Å². The van der Waals surface area contributed by atoms with E-state index in [4.69, 9.17) is 18.3 Å². The Kier molecular flexibility index (Phi) is 13.3. The Balaban J connectivity index is 0. The van der Waals surface area contributed by atoms with Gasteiger partial charge in [-0.25, -0.2) is 0 Å². The molecule has 0 saturated heterocycles. The normalized spacial score (nSPS) is 16.8. The van der Waals surface area contributed by atoms with E-state index < -0.39 is 16.6 Å². The van der Waals surface area contributed by atoms with Gasteiger partial charge in [0.25, 0.3) is 0 Å².